The van der Waals surface area contributed by atoms with E-state index in [1.807, 2.05) is 24.3 Å². The summed E-state index contributed by atoms with van der Waals surface area (Å²) in [5, 5.41) is 0. The van der Waals surface area contributed by atoms with Crippen LogP contribution >= 0.6 is 39.9 Å². The molecule has 0 nitrogen and oxygen atoms in total. The highest BCUT2D eigenvalue weighted by molar-refractivity contribution is 9.10. The van der Waals surface area contributed by atoms with Gasteiger partial charge in [-0.2, -0.15) is 0 Å². The Morgan fingerprint density at radius 3 is 2.50 bits per heavy atom. The third-order valence-corrected chi connectivity index (χ3v) is 3.26. The maximum Gasteiger partial charge on any atom is 0.0778 e. The molecule has 0 aliphatic heterocycles. The second kappa shape index (κ2) is 5.00. The van der Waals surface area contributed by atoms with E-state index >= 15 is 0 Å². The first-order valence-electron chi connectivity index (χ1n) is 3.66. The fourth-order valence-electron chi connectivity index (χ4n) is 0.800. The van der Waals surface area contributed by atoms with Crippen molar-refractivity contribution >= 4 is 44.1 Å². The van der Waals surface area contributed by atoms with Crippen LogP contribution in [0.1, 0.15) is 12.5 Å². The average Bonchev–Trinajstić information content (AvgIpc) is 2.06. The van der Waals surface area contributed by atoms with Crippen molar-refractivity contribution in [2.24, 2.45) is 0 Å². The normalized spacial score (nSPS) is 9.83. The molecule has 0 amide bonds. The molecule has 0 saturated carbocycles. The maximum atomic E-state index is 5.21. The second-order valence-corrected chi connectivity index (χ2v) is 5.08. The van der Waals surface area contributed by atoms with Crippen molar-refractivity contribution in [2.45, 2.75) is 6.92 Å². The minimum Gasteiger partial charge on any atom is -0.114 e. The van der Waals surface area contributed by atoms with E-state index in [0.717, 1.165) is 20.0 Å². The summed E-state index contributed by atoms with van der Waals surface area (Å²) in [6.45, 7) is 2.11. The number of benzene rings is 1. The van der Waals surface area contributed by atoms with Crippen molar-refractivity contribution in [3.8, 4) is 0 Å². The molecule has 0 heterocycles. The SMILES string of the molecule is CCSC(=S)c1ccc(Br)cc1. The third-order valence-electron chi connectivity index (χ3n) is 1.36. The minimum atomic E-state index is 0.977. The number of thiocarbonyl (C=S) groups is 1. The summed E-state index contributed by atoms with van der Waals surface area (Å²) in [4.78, 5) is 0. The largest absolute Gasteiger partial charge is 0.114 e. The molecule has 12 heavy (non-hydrogen) atoms. The Balaban J connectivity index is 2.75. The van der Waals surface area contributed by atoms with Crippen LogP contribution in [0.4, 0.5) is 0 Å². The topological polar surface area (TPSA) is 0 Å². The van der Waals surface area contributed by atoms with Crippen molar-refractivity contribution < 1.29 is 0 Å². The van der Waals surface area contributed by atoms with Gasteiger partial charge in [0.05, 0.1) is 4.20 Å². The fraction of sp³-hybridized carbons (Fsp3) is 0.222. The van der Waals surface area contributed by atoms with E-state index in [-0.39, 0.29) is 0 Å². The van der Waals surface area contributed by atoms with Crippen LogP contribution in [0, 0.1) is 0 Å². The summed E-state index contributed by atoms with van der Waals surface area (Å²) < 4.78 is 2.07. The third kappa shape index (κ3) is 2.88. The molecule has 0 atom stereocenters. The van der Waals surface area contributed by atoms with Gasteiger partial charge in [-0.05, 0) is 23.4 Å². The molecule has 0 unspecified atom stereocenters. The smallest absolute Gasteiger partial charge is 0.0778 e. The number of thioether (sulfide) groups is 1. The van der Waals surface area contributed by atoms with Gasteiger partial charge < -0.3 is 0 Å². The zero-order chi connectivity index (χ0) is 8.97. The quantitative estimate of drug-likeness (QED) is 0.741. The zero-order valence-corrected chi connectivity index (χ0v) is 9.93. The molecule has 0 fully saturated rings. The van der Waals surface area contributed by atoms with Gasteiger partial charge >= 0.3 is 0 Å². The lowest BCUT2D eigenvalue weighted by Gasteiger charge is -2.00. The molecule has 0 bridgehead atoms. The molecule has 1 rings (SSSR count). The highest BCUT2D eigenvalue weighted by atomic mass is 79.9. The van der Waals surface area contributed by atoms with E-state index in [1.165, 1.54) is 0 Å². The molecule has 0 aliphatic rings. The molecule has 0 aromatic heterocycles. The number of hydrogen-bond acceptors (Lipinski definition) is 2. The highest BCUT2D eigenvalue weighted by Crippen LogP contribution is 2.16. The van der Waals surface area contributed by atoms with Gasteiger partial charge in [-0.3, -0.25) is 0 Å². The Labute approximate surface area is 90.9 Å². The molecular weight excluding hydrogens is 252 g/mol. The molecule has 0 aliphatic carbocycles. The molecular formula is C9H9BrS2. The summed E-state index contributed by atoms with van der Waals surface area (Å²) in [5.74, 6) is 1.04. The van der Waals surface area contributed by atoms with Gasteiger partial charge in [0.25, 0.3) is 0 Å². The minimum absolute atomic E-state index is 0.977. The number of halogens is 1. The lowest BCUT2D eigenvalue weighted by Crippen LogP contribution is -1.90. The van der Waals surface area contributed by atoms with E-state index in [1.54, 1.807) is 11.8 Å². The predicted molar refractivity (Wildman–Crippen MR) is 64.0 cm³/mol. The summed E-state index contributed by atoms with van der Waals surface area (Å²) >= 11 is 10.3. The van der Waals surface area contributed by atoms with Crippen LogP contribution in [0.25, 0.3) is 0 Å². The van der Waals surface area contributed by atoms with E-state index in [2.05, 4.69) is 22.9 Å². The average molecular weight is 261 g/mol. The highest BCUT2D eigenvalue weighted by Gasteiger charge is 1.98. The van der Waals surface area contributed by atoms with Gasteiger partial charge in [-0.15, -0.1) is 11.8 Å². The van der Waals surface area contributed by atoms with Crippen molar-refractivity contribution in [2.75, 3.05) is 5.75 Å². The molecule has 1 aromatic rings. The first kappa shape index (κ1) is 10.2. The standard InChI is InChI=1S/C9H9BrS2/c1-2-12-9(11)7-3-5-8(10)6-4-7/h3-6H,2H2,1H3. The Kier molecular flexibility index (Phi) is 4.26. The van der Waals surface area contributed by atoms with Crippen molar-refractivity contribution in [3.63, 3.8) is 0 Å². The van der Waals surface area contributed by atoms with Gasteiger partial charge in [0.15, 0.2) is 0 Å². The second-order valence-electron chi connectivity index (χ2n) is 2.23. The lowest BCUT2D eigenvalue weighted by atomic mass is 10.2. The van der Waals surface area contributed by atoms with Crippen molar-refractivity contribution in [3.05, 3.63) is 34.3 Å². The summed E-state index contributed by atoms with van der Waals surface area (Å²) in [7, 11) is 0. The van der Waals surface area contributed by atoms with Gasteiger partial charge in [0.1, 0.15) is 0 Å². The Bertz CT molecular complexity index is 266. The fourth-order valence-corrected chi connectivity index (χ4v) is 2.12. The Hall–Kier alpha value is 0.140. The number of hydrogen-bond donors (Lipinski definition) is 0. The van der Waals surface area contributed by atoms with Crippen LogP contribution in [0.5, 0.6) is 0 Å². The monoisotopic (exact) mass is 260 g/mol. The molecule has 3 heteroatoms. The Morgan fingerprint density at radius 2 is 2.00 bits per heavy atom. The van der Waals surface area contributed by atoms with Crippen LogP contribution in [0.15, 0.2) is 28.7 Å². The lowest BCUT2D eigenvalue weighted by molar-refractivity contribution is 1.54. The molecule has 64 valence electrons. The van der Waals surface area contributed by atoms with Gasteiger partial charge in [-0.25, -0.2) is 0 Å². The van der Waals surface area contributed by atoms with Gasteiger partial charge in [-0.1, -0.05) is 47.2 Å². The molecule has 0 radical (unpaired) electrons. The van der Waals surface area contributed by atoms with E-state index < -0.39 is 0 Å². The first-order chi connectivity index (χ1) is 5.74. The summed E-state index contributed by atoms with van der Waals surface area (Å²) in [6.07, 6.45) is 0. The first-order valence-corrected chi connectivity index (χ1v) is 5.85. The van der Waals surface area contributed by atoms with Gasteiger partial charge in [0.2, 0.25) is 0 Å². The number of rotatable bonds is 2. The van der Waals surface area contributed by atoms with E-state index in [0.29, 0.717) is 0 Å². The van der Waals surface area contributed by atoms with Gasteiger partial charge in [0, 0.05) is 4.47 Å². The molecule has 0 spiro atoms. The molecule has 1 aromatic carbocycles. The maximum absolute atomic E-state index is 5.21. The summed E-state index contributed by atoms with van der Waals surface area (Å²) in [5.41, 5.74) is 1.14. The van der Waals surface area contributed by atoms with Crippen LogP contribution in [0.2, 0.25) is 0 Å². The van der Waals surface area contributed by atoms with Crippen LogP contribution in [-0.2, 0) is 0 Å². The van der Waals surface area contributed by atoms with E-state index in [9.17, 15) is 0 Å². The zero-order valence-electron chi connectivity index (χ0n) is 6.71. The summed E-state index contributed by atoms with van der Waals surface area (Å²) in [6, 6.07) is 8.10. The van der Waals surface area contributed by atoms with Crippen LogP contribution in [0.3, 0.4) is 0 Å². The van der Waals surface area contributed by atoms with Crippen molar-refractivity contribution in [1.29, 1.82) is 0 Å². The molecule has 0 N–H and O–H groups in total. The van der Waals surface area contributed by atoms with Crippen molar-refractivity contribution in [1.82, 2.24) is 0 Å². The van der Waals surface area contributed by atoms with Crippen LogP contribution < -0.4 is 0 Å². The Morgan fingerprint density at radius 1 is 1.42 bits per heavy atom. The van der Waals surface area contributed by atoms with Crippen LogP contribution in [-0.4, -0.2) is 9.95 Å². The predicted octanol–water partition coefficient (Wildman–Crippen LogP) is 3.88. The van der Waals surface area contributed by atoms with E-state index in [4.69, 9.17) is 12.2 Å². The molecule has 0 saturated heterocycles.